The van der Waals surface area contributed by atoms with Crippen LogP contribution in [0.3, 0.4) is 0 Å². The van der Waals surface area contributed by atoms with Crippen LogP contribution in [0.4, 0.5) is 5.82 Å². The molecule has 90 valence electrons. The van der Waals surface area contributed by atoms with Crippen LogP contribution in [0.1, 0.15) is 6.92 Å². The summed E-state index contributed by atoms with van der Waals surface area (Å²) in [4.78, 5) is 14.2. The topological polar surface area (TPSA) is 50.7 Å². The molecule has 3 rings (SSSR count). The minimum atomic E-state index is 0.868. The van der Waals surface area contributed by atoms with Gasteiger partial charge in [0, 0.05) is 24.5 Å². The zero-order valence-corrected chi connectivity index (χ0v) is 10.7. The Kier molecular flexibility index (Phi) is 2.90. The average molecular weight is 256 g/mol. The van der Waals surface area contributed by atoms with E-state index in [2.05, 4.69) is 27.2 Å². The van der Waals surface area contributed by atoms with E-state index in [0.717, 1.165) is 33.3 Å². The number of aromatic nitrogens is 3. The molecule has 0 aliphatic rings. The van der Waals surface area contributed by atoms with E-state index >= 15 is 0 Å². The van der Waals surface area contributed by atoms with Crippen molar-refractivity contribution >= 4 is 27.5 Å². The summed E-state index contributed by atoms with van der Waals surface area (Å²) in [7, 11) is 0. The van der Waals surface area contributed by atoms with Crippen molar-refractivity contribution in [2.45, 2.75) is 6.92 Å². The van der Waals surface area contributed by atoms with E-state index < -0.39 is 0 Å². The second kappa shape index (κ2) is 4.70. The first-order valence-corrected chi connectivity index (χ1v) is 6.60. The largest absolute Gasteiger partial charge is 0.370 e. The van der Waals surface area contributed by atoms with Crippen molar-refractivity contribution < 1.29 is 0 Å². The Morgan fingerprint density at radius 3 is 2.94 bits per heavy atom. The van der Waals surface area contributed by atoms with Gasteiger partial charge in [-0.05, 0) is 31.2 Å². The molecule has 0 radical (unpaired) electrons. The van der Waals surface area contributed by atoms with E-state index in [1.165, 1.54) is 0 Å². The Labute approximate surface area is 109 Å². The average Bonchev–Trinajstić information content (AvgIpc) is 2.83. The molecule has 0 unspecified atom stereocenters. The molecule has 3 heterocycles. The van der Waals surface area contributed by atoms with E-state index in [1.807, 2.05) is 30.5 Å². The molecule has 18 heavy (non-hydrogen) atoms. The van der Waals surface area contributed by atoms with Gasteiger partial charge < -0.3 is 5.32 Å². The summed E-state index contributed by atoms with van der Waals surface area (Å²) < 4.78 is 0. The van der Waals surface area contributed by atoms with Gasteiger partial charge in [-0.1, -0.05) is 11.3 Å². The van der Waals surface area contributed by atoms with E-state index in [0.29, 0.717) is 0 Å². The summed E-state index contributed by atoms with van der Waals surface area (Å²) in [6.07, 6.45) is 3.58. The maximum Gasteiger partial charge on any atom is 0.146 e. The Balaban J connectivity index is 2.06. The van der Waals surface area contributed by atoms with Crippen molar-refractivity contribution in [3.8, 4) is 10.6 Å². The number of fused-ring (bicyclic) bond motifs is 1. The number of anilines is 1. The maximum absolute atomic E-state index is 4.57. The molecule has 3 aromatic heterocycles. The lowest BCUT2D eigenvalue weighted by Crippen LogP contribution is -1.97. The van der Waals surface area contributed by atoms with Gasteiger partial charge in [0.2, 0.25) is 0 Å². The highest BCUT2D eigenvalue weighted by atomic mass is 32.1. The van der Waals surface area contributed by atoms with Crippen molar-refractivity contribution in [1.82, 2.24) is 15.0 Å². The van der Waals surface area contributed by atoms with Gasteiger partial charge in [0.05, 0.1) is 0 Å². The van der Waals surface area contributed by atoms with Gasteiger partial charge in [0.15, 0.2) is 0 Å². The van der Waals surface area contributed by atoms with Crippen LogP contribution in [0.25, 0.3) is 20.9 Å². The van der Waals surface area contributed by atoms with Crippen LogP contribution < -0.4 is 5.32 Å². The van der Waals surface area contributed by atoms with Gasteiger partial charge >= 0.3 is 0 Å². The monoisotopic (exact) mass is 256 g/mol. The van der Waals surface area contributed by atoms with Crippen molar-refractivity contribution in [2.24, 2.45) is 0 Å². The summed E-state index contributed by atoms with van der Waals surface area (Å²) >= 11 is 1.59. The zero-order valence-electron chi connectivity index (χ0n) is 9.92. The van der Waals surface area contributed by atoms with E-state index in [4.69, 9.17) is 0 Å². The second-order valence-electron chi connectivity index (χ2n) is 3.81. The van der Waals surface area contributed by atoms with Gasteiger partial charge in [-0.2, -0.15) is 0 Å². The van der Waals surface area contributed by atoms with Crippen molar-refractivity contribution in [2.75, 3.05) is 11.9 Å². The molecule has 0 saturated carbocycles. The fraction of sp³-hybridized carbons (Fsp3) is 0.154. The van der Waals surface area contributed by atoms with Crippen LogP contribution in [-0.2, 0) is 0 Å². The predicted molar refractivity (Wildman–Crippen MR) is 74.8 cm³/mol. The molecule has 0 aliphatic carbocycles. The quantitative estimate of drug-likeness (QED) is 0.782. The molecule has 3 aromatic rings. The van der Waals surface area contributed by atoms with Gasteiger partial charge in [-0.3, -0.25) is 4.98 Å². The lowest BCUT2D eigenvalue weighted by atomic mass is 10.3. The lowest BCUT2D eigenvalue weighted by molar-refractivity contribution is 1.18. The van der Waals surface area contributed by atoms with Gasteiger partial charge in [-0.25, -0.2) is 9.97 Å². The summed E-state index contributed by atoms with van der Waals surface area (Å²) in [6, 6.07) is 7.88. The number of hydrogen-bond donors (Lipinski definition) is 1. The van der Waals surface area contributed by atoms with Crippen molar-refractivity contribution in [3.05, 3.63) is 36.7 Å². The van der Waals surface area contributed by atoms with Crippen LogP contribution in [0.2, 0.25) is 0 Å². The molecule has 1 N–H and O–H groups in total. The molecular weight excluding hydrogens is 244 g/mol. The molecule has 0 atom stereocenters. The third-order valence-corrected chi connectivity index (χ3v) is 3.54. The molecule has 0 aromatic carbocycles. The summed E-state index contributed by atoms with van der Waals surface area (Å²) in [6.45, 7) is 2.92. The highest BCUT2D eigenvalue weighted by Crippen LogP contribution is 2.29. The molecule has 0 bridgehead atoms. The van der Waals surface area contributed by atoms with Crippen LogP contribution in [0.15, 0.2) is 36.7 Å². The highest BCUT2D eigenvalue weighted by Gasteiger charge is 2.07. The summed E-state index contributed by atoms with van der Waals surface area (Å²) in [5.41, 5.74) is 1.96. The minimum absolute atomic E-state index is 0.868. The normalized spacial score (nSPS) is 10.7. The Bertz CT molecular complexity index is 663. The highest BCUT2D eigenvalue weighted by molar-refractivity contribution is 7.21. The Morgan fingerprint density at radius 2 is 2.17 bits per heavy atom. The van der Waals surface area contributed by atoms with Gasteiger partial charge in [0.25, 0.3) is 0 Å². The number of nitrogens with zero attached hydrogens (tertiary/aromatic N) is 3. The minimum Gasteiger partial charge on any atom is -0.370 e. The van der Waals surface area contributed by atoms with Crippen LogP contribution in [-0.4, -0.2) is 21.5 Å². The first-order valence-electron chi connectivity index (χ1n) is 5.78. The lowest BCUT2D eigenvalue weighted by Gasteiger charge is -1.99. The molecule has 5 heteroatoms. The van der Waals surface area contributed by atoms with Crippen molar-refractivity contribution in [3.63, 3.8) is 0 Å². The Morgan fingerprint density at radius 1 is 1.22 bits per heavy atom. The molecule has 0 spiro atoms. The summed E-state index contributed by atoms with van der Waals surface area (Å²) in [5, 5.41) is 4.16. The fourth-order valence-corrected chi connectivity index (χ4v) is 2.64. The number of rotatable bonds is 3. The molecular formula is C13H12N4S. The molecule has 0 saturated heterocycles. The van der Waals surface area contributed by atoms with Crippen molar-refractivity contribution in [1.29, 1.82) is 0 Å². The second-order valence-corrected chi connectivity index (χ2v) is 4.79. The molecule has 4 nitrogen and oxygen atoms in total. The first kappa shape index (κ1) is 11.1. The van der Waals surface area contributed by atoms with E-state index in [-0.39, 0.29) is 0 Å². The molecule has 0 fully saturated rings. The smallest absolute Gasteiger partial charge is 0.146 e. The molecule has 0 aliphatic heterocycles. The summed E-state index contributed by atoms with van der Waals surface area (Å²) in [5.74, 6) is 0.895. The predicted octanol–water partition coefficient (Wildman–Crippen LogP) is 3.19. The third-order valence-electron chi connectivity index (χ3n) is 2.52. The van der Waals surface area contributed by atoms with E-state index in [1.54, 1.807) is 17.5 Å². The third kappa shape index (κ3) is 2.04. The van der Waals surface area contributed by atoms with Crippen LogP contribution in [0, 0.1) is 0 Å². The van der Waals surface area contributed by atoms with Crippen LogP contribution >= 0.6 is 11.3 Å². The Hall–Kier alpha value is -2.01. The number of nitrogens with one attached hydrogen (secondary N) is 1. The fourth-order valence-electron chi connectivity index (χ4n) is 1.71. The number of hydrogen-bond acceptors (Lipinski definition) is 5. The standard InChI is InChI=1S/C13H12N4S/c1-2-15-11-6-5-10-13(17-11)18-12(16-10)9-4-3-7-14-8-9/h3-8H,2H2,1H3,(H,15,17). The zero-order chi connectivity index (χ0) is 12.4. The first-order chi connectivity index (χ1) is 8.86. The molecule has 0 amide bonds. The van der Waals surface area contributed by atoms with Gasteiger partial charge in [-0.15, -0.1) is 0 Å². The number of thiazole rings is 1. The number of pyridine rings is 2. The maximum atomic E-state index is 4.57. The van der Waals surface area contributed by atoms with E-state index in [9.17, 15) is 0 Å². The van der Waals surface area contributed by atoms with Crippen LogP contribution in [0.5, 0.6) is 0 Å². The van der Waals surface area contributed by atoms with Gasteiger partial charge in [0.1, 0.15) is 21.2 Å². The SMILES string of the molecule is CCNc1ccc2nc(-c3cccnc3)sc2n1.